The van der Waals surface area contributed by atoms with Crippen LogP contribution in [0.15, 0.2) is 30.5 Å². The summed E-state index contributed by atoms with van der Waals surface area (Å²) in [5.41, 5.74) is 7.46. The maximum Gasteiger partial charge on any atom is 0.0811 e. The standard InChI is InChI=1S/C12H16N2O/c13-7-3-6-12(15)10-8-14-11-5-2-1-4-9(10)11/h1-2,4-5,8,12,14-15H,3,6-7,13H2. The van der Waals surface area contributed by atoms with Gasteiger partial charge in [0.15, 0.2) is 0 Å². The van der Waals surface area contributed by atoms with E-state index in [1.165, 1.54) is 0 Å². The van der Waals surface area contributed by atoms with Crippen molar-refractivity contribution in [3.8, 4) is 0 Å². The molecule has 2 aromatic rings. The fraction of sp³-hybridized carbons (Fsp3) is 0.333. The molecule has 0 aliphatic rings. The average molecular weight is 204 g/mol. The Balaban J connectivity index is 2.27. The van der Waals surface area contributed by atoms with Gasteiger partial charge < -0.3 is 15.8 Å². The molecular formula is C12H16N2O. The van der Waals surface area contributed by atoms with Crippen molar-refractivity contribution in [2.75, 3.05) is 6.54 Å². The third-order valence-electron chi connectivity index (χ3n) is 2.66. The summed E-state index contributed by atoms with van der Waals surface area (Å²) in [5, 5.41) is 11.1. The Morgan fingerprint density at radius 2 is 2.13 bits per heavy atom. The van der Waals surface area contributed by atoms with Gasteiger partial charge in [-0.15, -0.1) is 0 Å². The highest BCUT2D eigenvalue weighted by Crippen LogP contribution is 2.26. The second kappa shape index (κ2) is 4.47. The summed E-state index contributed by atoms with van der Waals surface area (Å²) in [6, 6.07) is 7.99. The zero-order valence-corrected chi connectivity index (χ0v) is 8.61. The largest absolute Gasteiger partial charge is 0.388 e. The molecule has 1 aromatic heterocycles. The molecule has 15 heavy (non-hydrogen) atoms. The van der Waals surface area contributed by atoms with E-state index in [-0.39, 0.29) is 0 Å². The normalized spacial score (nSPS) is 13.2. The quantitative estimate of drug-likeness (QED) is 0.712. The number of nitrogens with one attached hydrogen (secondary N) is 1. The second-order valence-corrected chi connectivity index (χ2v) is 3.74. The van der Waals surface area contributed by atoms with Crippen molar-refractivity contribution >= 4 is 10.9 Å². The van der Waals surface area contributed by atoms with E-state index in [4.69, 9.17) is 5.73 Å². The molecule has 1 atom stereocenters. The number of benzene rings is 1. The number of hydrogen-bond acceptors (Lipinski definition) is 2. The van der Waals surface area contributed by atoms with E-state index >= 15 is 0 Å². The van der Waals surface area contributed by atoms with Crippen LogP contribution in [0, 0.1) is 0 Å². The number of fused-ring (bicyclic) bond motifs is 1. The zero-order valence-electron chi connectivity index (χ0n) is 8.61. The number of H-pyrrole nitrogens is 1. The van der Waals surface area contributed by atoms with Crippen LogP contribution in [-0.4, -0.2) is 16.6 Å². The van der Waals surface area contributed by atoms with E-state index in [1.807, 2.05) is 30.5 Å². The molecular weight excluding hydrogens is 188 g/mol. The van der Waals surface area contributed by atoms with E-state index in [9.17, 15) is 5.11 Å². The minimum atomic E-state index is -0.412. The molecule has 0 aliphatic heterocycles. The number of rotatable bonds is 4. The number of aliphatic hydroxyl groups excluding tert-OH is 1. The van der Waals surface area contributed by atoms with Crippen molar-refractivity contribution in [2.24, 2.45) is 5.73 Å². The second-order valence-electron chi connectivity index (χ2n) is 3.74. The molecule has 0 aliphatic carbocycles. The van der Waals surface area contributed by atoms with E-state index < -0.39 is 6.10 Å². The average Bonchev–Trinajstić information content (AvgIpc) is 2.69. The maximum atomic E-state index is 9.96. The van der Waals surface area contributed by atoms with Gasteiger partial charge in [-0.3, -0.25) is 0 Å². The Morgan fingerprint density at radius 1 is 1.33 bits per heavy atom. The predicted octanol–water partition coefficient (Wildman–Crippen LogP) is 1.94. The van der Waals surface area contributed by atoms with E-state index in [0.29, 0.717) is 6.54 Å². The van der Waals surface area contributed by atoms with Gasteiger partial charge in [0.25, 0.3) is 0 Å². The third-order valence-corrected chi connectivity index (χ3v) is 2.66. The van der Waals surface area contributed by atoms with Gasteiger partial charge in [-0.25, -0.2) is 0 Å². The molecule has 4 N–H and O–H groups in total. The first-order valence-electron chi connectivity index (χ1n) is 5.27. The van der Waals surface area contributed by atoms with Crippen molar-refractivity contribution in [2.45, 2.75) is 18.9 Å². The fourth-order valence-electron chi connectivity index (χ4n) is 1.84. The molecule has 1 unspecified atom stereocenters. The van der Waals surface area contributed by atoms with Crippen LogP contribution in [-0.2, 0) is 0 Å². The molecule has 3 nitrogen and oxygen atoms in total. The lowest BCUT2D eigenvalue weighted by molar-refractivity contribution is 0.167. The van der Waals surface area contributed by atoms with Crippen LogP contribution in [0.25, 0.3) is 10.9 Å². The molecule has 3 heteroatoms. The van der Waals surface area contributed by atoms with Crippen LogP contribution >= 0.6 is 0 Å². The SMILES string of the molecule is NCCCC(O)c1c[nH]c2ccccc12. The van der Waals surface area contributed by atoms with Crippen molar-refractivity contribution in [3.05, 3.63) is 36.0 Å². The summed E-state index contributed by atoms with van der Waals surface area (Å²) in [6.45, 7) is 0.624. The number of hydrogen-bond donors (Lipinski definition) is 3. The van der Waals surface area contributed by atoms with Gasteiger partial charge in [0.1, 0.15) is 0 Å². The summed E-state index contributed by atoms with van der Waals surface area (Å²) >= 11 is 0. The Labute approximate surface area is 88.9 Å². The summed E-state index contributed by atoms with van der Waals surface area (Å²) in [6.07, 6.45) is 3.04. The van der Waals surface area contributed by atoms with Gasteiger partial charge in [0, 0.05) is 22.7 Å². The Hall–Kier alpha value is -1.32. The van der Waals surface area contributed by atoms with Crippen molar-refractivity contribution in [1.82, 2.24) is 4.98 Å². The van der Waals surface area contributed by atoms with Crippen molar-refractivity contribution < 1.29 is 5.11 Å². The van der Waals surface area contributed by atoms with Gasteiger partial charge in [-0.05, 0) is 25.5 Å². The first-order valence-corrected chi connectivity index (χ1v) is 5.27. The highest BCUT2D eigenvalue weighted by atomic mass is 16.3. The molecule has 0 spiro atoms. The smallest absolute Gasteiger partial charge is 0.0811 e. The van der Waals surface area contributed by atoms with Gasteiger partial charge in [-0.2, -0.15) is 0 Å². The third kappa shape index (κ3) is 2.03. The minimum Gasteiger partial charge on any atom is -0.388 e. The summed E-state index contributed by atoms with van der Waals surface area (Å²) < 4.78 is 0. The first-order chi connectivity index (χ1) is 7.33. The number of aliphatic hydroxyl groups is 1. The van der Waals surface area contributed by atoms with Crippen molar-refractivity contribution in [3.63, 3.8) is 0 Å². The molecule has 0 radical (unpaired) electrons. The van der Waals surface area contributed by atoms with Crippen LogP contribution in [0.2, 0.25) is 0 Å². The minimum absolute atomic E-state index is 0.412. The van der Waals surface area contributed by atoms with Gasteiger partial charge in [0.2, 0.25) is 0 Å². The van der Waals surface area contributed by atoms with Gasteiger partial charge in [0.05, 0.1) is 6.10 Å². The molecule has 80 valence electrons. The lowest BCUT2D eigenvalue weighted by Gasteiger charge is -2.08. The lowest BCUT2D eigenvalue weighted by Crippen LogP contribution is -2.03. The summed E-state index contributed by atoms with van der Waals surface area (Å²) in [4.78, 5) is 3.15. The predicted molar refractivity (Wildman–Crippen MR) is 61.5 cm³/mol. The summed E-state index contributed by atoms with van der Waals surface area (Å²) in [5.74, 6) is 0. The summed E-state index contributed by atoms with van der Waals surface area (Å²) in [7, 11) is 0. The molecule has 0 fully saturated rings. The lowest BCUT2D eigenvalue weighted by atomic mass is 10.0. The van der Waals surface area contributed by atoms with Gasteiger partial charge in [-0.1, -0.05) is 18.2 Å². The van der Waals surface area contributed by atoms with Crippen LogP contribution in [0.4, 0.5) is 0 Å². The molecule has 1 aromatic carbocycles. The first kappa shape index (κ1) is 10.2. The fourth-order valence-corrected chi connectivity index (χ4v) is 1.84. The van der Waals surface area contributed by atoms with E-state index in [1.54, 1.807) is 0 Å². The maximum absolute atomic E-state index is 9.96. The van der Waals surface area contributed by atoms with Crippen LogP contribution in [0.3, 0.4) is 0 Å². The van der Waals surface area contributed by atoms with Crippen LogP contribution in [0.5, 0.6) is 0 Å². The number of aromatic amines is 1. The molecule has 1 heterocycles. The molecule has 2 rings (SSSR count). The van der Waals surface area contributed by atoms with E-state index in [2.05, 4.69) is 4.98 Å². The topological polar surface area (TPSA) is 62.0 Å². The number of aromatic nitrogens is 1. The van der Waals surface area contributed by atoms with Gasteiger partial charge >= 0.3 is 0 Å². The Morgan fingerprint density at radius 3 is 2.93 bits per heavy atom. The zero-order chi connectivity index (χ0) is 10.7. The number of para-hydroxylation sites is 1. The number of nitrogens with two attached hydrogens (primary N) is 1. The highest BCUT2D eigenvalue weighted by molar-refractivity contribution is 5.83. The molecule has 0 saturated carbocycles. The van der Waals surface area contributed by atoms with Crippen LogP contribution < -0.4 is 5.73 Å². The monoisotopic (exact) mass is 204 g/mol. The van der Waals surface area contributed by atoms with Crippen LogP contribution in [0.1, 0.15) is 24.5 Å². The van der Waals surface area contributed by atoms with Crippen molar-refractivity contribution in [1.29, 1.82) is 0 Å². The molecule has 0 saturated heterocycles. The highest BCUT2D eigenvalue weighted by Gasteiger charge is 2.11. The Bertz CT molecular complexity index is 436. The Kier molecular flexibility index (Phi) is 3.04. The van der Waals surface area contributed by atoms with E-state index in [0.717, 1.165) is 29.3 Å². The molecule has 0 amide bonds. The molecule has 0 bridgehead atoms.